The van der Waals surface area contributed by atoms with Crippen molar-refractivity contribution in [3.05, 3.63) is 44.8 Å². The van der Waals surface area contributed by atoms with E-state index in [-0.39, 0.29) is 0 Å². The second-order valence-corrected chi connectivity index (χ2v) is 7.93. The number of halogens is 1. The zero-order valence-electron chi connectivity index (χ0n) is 12.4. The van der Waals surface area contributed by atoms with Crippen LogP contribution >= 0.6 is 39.0 Å². The van der Waals surface area contributed by atoms with Gasteiger partial charge in [0.1, 0.15) is 0 Å². The highest BCUT2D eigenvalue weighted by Gasteiger charge is 2.12. The lowest BCUT2D eigenvalue weighted by Gasteiger charge is -2.17. The lowest BCUT2D eigenvalue weighted by Crippen LogP contribution is -2.34. The predicted molar refractivity (Wildman–Crippen MR) is 97.5 cm³/mol. The van der Waals surface area contributed by atoms with Gasteiger partial charge >= 0.3 is 0 Å². The van der Waals surface area contributed by atoms with Crippen molar-refractivity contribution in [3.63, 3.8) is 0 Å². The van der Waals surface area contributed by atoms with Crippen molar-refractivity contribution >= 4 is 39.0 Å². The molecule has 1 unspecified atom stereocenters. The number of nitrogens with one attached hydrogen (secondary N) is 1. The first-order valence-corrected chi connectivity index (χ1v) is 9.86. The standard InChI is InChI=1S/C16H21BrN2S2/c1-3-8-18-13(9-14-11-20-12(2)19-14)10-21-16-7-5-4-6-15(16)17/h4-7,11,13,18H,3,8-10H2,1-2H3. The van der Waals surface area contributed by atoms with Gasteiger partial charge in [0, 0.05) is 33.0 Å². The molecule has 0 aliphatic heterocycles. The molecule has 0 saturated carbocycles. The lowest BCUT2D eigenvalue weighted by molar-refractivity contribution is 0.546. The molecular weight excluding hydrogens is 364 g/mol. The van der Waals surface area contributed by atoms with Gasteiger partial charge in [0.05, 0.1) is 10.7 Å². The van der Waals surface area contributed by atoms with Crippen LogP contribution < -0.4 is 5.32 Å². The number of aromatic nitrogens is 1. The third-order valence-electron chi connectivity index (χ3n) is 3.08. The van der Waals surface area contributed by atoms with Crippen molar-refractivity contribution < 1.29 is 0 Å². The van der Waals surface area contributed by atoms with Gasteiger partial charge < -0.3 is 5.32 Å². The second kappa shape index (κ2) is 8.93. The second-order valence-electron chi connectivity index (χ2n) is 4.95. The van der Waals surface area contributed by atoms with Gasteiger partial charge in [0.25, 0.3) is 0 Å². The van der Waals surface area contributed by atoms with Gasteiger partial charge in [-0.3, -0.25) is 0 Å². The molecule has 21 heavy (non-hydrogen) atoms. The fourth-order valence-electron chi connectivity index (χ4n) is 2.05. The Morgan fingerprint density at radius 1 is 1.38 bits per heavy atom. The SMILES string of the molecule is CCCNC(CSc1ccccc1Br)Cc1csc(C)n1. The van der Waals surface area contributed by atoms with Crippen molar-refractivity contribution in [3.8, 4) is 0 Å². The quantitative estimate of drug-likeness (QED) is 0.653. The highest BCUT2D eigenvalue weighted by atomic mass is 79.9. The lowest BCUT2D eigenvalue weighted by atomic mass is 10.2. The minimum Gasteiger partial charge on any atom is -0.313 e. The first-order chi connectivity index (χ1) is 10.2. The Hall–Kier alpha value is -0.360. The van der Waals surface area contributed by atoms with Gasteiger partial charge in [-0.05, 0) is 48.0 Å². The van der Waals surface area contributed by atoms with E-state index >= 15 is 0 Å². The molecule has 0 spiro atoms. The minimum absolute atomic E-state index is 0.462. The predicted octanol–water partition coefficient (Wildman–Crippen LogP) is 4.92. The van der Waals surface area contributed by atoms with Crippen LogP contribution in [0.3, 0.4) is 0 Å². The summed E-state index contributed by atoms with van der Waals surface area (Å²) in [6, 6.07) is 8.87. The number of aryl methyl sites for hydroxylation is 1. The van der Waals surface area contributed by atoms with E-state index in [1.54, 1.807) is 11.3 Å². The molecule has 1 aromatic carbocycles. The third kappa shape index (κ3) is 5.74. The van der Waals surface area contributed by atoms with E-state index in [1.165, 1.54) is 15.1 Å². The van der Waals surface area contributed by atoms with Gasteiger partial charge in [0.2, 0.25) is 0 Å². The normalized spacial score (nSPS) is 12.5. The Kier molecular flexibility index (Phi) is 7.23. The summed E-state index contributed by atoms with van der Waals surface area (Å²) < 4.78 is 1.17. The fraction of sp³-hybridized carbons (Fsp3) is 0.438. The fourth-order valence-corrected chi connectivity index (χ4v) is 4.30. The molecule has 1 N–H and O–H groups in total. The number of hydrogen-bond acceptors (Lipinski definition) is 4. The Labute approximate surface area is 143 Å². The Morgan fingerprint density at radius 3 is 2.86 bits per heavy atom. The Morgan fingerprint density at radius 2 is 2.19 bits per heavy atom. The molecule has 1 atom stereocenters. The topological polar surface area (TPSA) is 24.9 Å². The number of rotatable bonds is 8. The highest BCUT2D eigenvalue weighted by Crippen LogP contribution is 2.28. The number of benzene rings is 1. The van der Waals surface area contributed by atoms with Crippen LogP contribution in [0.15, 0.2) is 39.0 Å². The first kappa shape index (κ1) is 17.0. The van der Waals surface area contributed by atoms with Crippen LogP contribution in [0.1, 0.15) is 24.0 Å². The van der Waals surface area contributed by atoms with Crippen LogP contribution in [-0.4, -0.2) is 23.3 Å². The molecule has 0 bridgehead atoms. The highest BCUT2D eigenvalue weighted by molar-refractivity contribution is 9.10. The largest absolute Gasteiger partial charge is 0.313 e. The molecule has 0 aliphatic carbocycles. The van der Waals surface area contributed by atoms with E-state index in [1.807, 2.05) is 11.8 Å². The molecule has 114 valence electrons. The molecule has 5 heteroatoms. The first-order valence-electron chi connectivity index (χ1n) is 7.20. The average molecular weight is 385 g/mol. The molecule has 0 amide bonds. The van der Waals surface area contributed by atoms with E-state index in [0.29, 0.717) is 6.04 Å². The number of thiazole rings is 1. The third-order valence-corrected chi connectivity index (χ3v) is 6.09. The van der Waals surface area contributed by atoms with Crippen molar-refractivity contribution in [1.82, 2.24) is 10.3 Å². The molecule has 2 nitrogen and oxygen atoms in total. The van der Waals surface area contributed by atoms with E-state index in [9.17, 15) is 0 Å². The van der Waals surface area contributed by atoms with Gasteiger partial charge in [-0.15, -0.1) is 23.1 Å². The Bertz CT molecular complexity index is 557. The number of nitrogens with zero attached hydrogens (tertiary/aromatic N) is 1. The molecule has 1 heterocycles. The van der Waals surface area contributed by atoms with Crippen LogP contribution in [0.4, 0.5) is 0 Å². The summed E-state index contributed by atoms with van der Waals surface area (Å²) >= 11 is 7.25. The van der Waals surface area contributed by atoms with Gasteiger partial charge in [-0.25, -0.2) is 4.98 Å². The van der Waals surface area contributed by atoms with Crippen molar-refractivity contribution in [1.29, 1.82) is 0 Å². The van der Waals surface area contributed by atoms with Crippen LogP contribution in [-0.2, 0) is 6.42 Å². The molecule has 2 rings (SSSR count). The van der Waals surface area contributed by atoms with Crippen LogP contribution in [0.2, 0.25) is 0 Å². The average Bonchev–Trinajstić information content (AvgIpc) is 2.88. The summed E-state index contributed by atoms with van der Waals surface area (Å²) in [5, 5.41) is 6.98. The minimum atomic E-state index is 0.462. The van der Waals surface area contributed by atoms with Crippen LogP contribution in [0.5, 0.6) is 0 Å². The zero-order chi connectivity index (χ0) is 15.1. The summed E-state index contributed by atoms with van der Waals surface area (Å²) in [5.74, 6) is 1.05. The number of hydrogen-bond donors (Lipinski definition) is 1. The molecular formula is C16H21BrN2S2. The summed E-state index contributed by atoms with van der Waals surface area (Å²) in [6.07, 6.45) is 2.16. The molecule has 0 fully saturated rings. The van der Waals surface area contributed by atoms with E-state index in [2.05, 4.69) is 69.7 Å². The summed E-state index contributed by atoms with van der Waals surface area (Å²) in [4.78, 5) is 5.89. The van der Waals surface area contributed by atoms with Crippen LogP contribution in [0, 0.1) is 6.92 Å². The maximum atomic E-state index is 4.59. The zero-order valence-corrected chi connectivity index (χ0v) is 15.7. The molecule has 1 aromatic heterocycles. The van der Waals surface area contributed by atoms with E-state index < -0.39 is 0 Å². The molecule has 0 aliphatic rings. The number of thioether (sulfide) groups is 1. The monoisotopic (exact) mass is 384 g/mol. The van der Waals surface area contributed by atoms with Gasteiger partial charge in [-0.2, -0.15) is 0 Å². The maximum absolute atomic E-state index is 4.59. The van der Waals surface area contributed by atoms with Crippen LogP contribution in [0.25, 0.3) is 0 Å². The summed E-state index contributed by atoms with van der Waals surface area (Å²) in [6.45, 7) is 5.33. The van der Waals surface area contributed by atoms with Gasteiger partial charge in [0.15, 0.2) is 0 Å². The molecule has 0 radical (unpaired) electrons. The Balaban J connectivity index is 1.94. The van der Waals surface area contributed by atoms with E-state index in [0.717, 1.165) is 30.1 Å². The van der Waals surface area contributed by atoms with Crippen molar-refractivity contribution in [2.75, 3.05) is 12.3 Å². The van der Waals surface area contributed by atoms with Gasteiger partial charge in [-0.1, -0.05) is 19.1 Å². The van der Waals surface area contributed by atoms with E-state index in [4.69, 9.17) is 0 Å². The van der Waals surface area contributed by atoms with Crippen molar-refractivity contribution in [2.45, 2.75) is 37.6 Å². The molecule has 2 aromatic rings. The smallest absolute Gasteiger partial charge is 0.0897 e. The summed E-state index contributed by atoms with van der Waals surface area (Å²) in [5.41, 5.74) is 1.21. The molecule has 0 saturated heterocycles. The summed E-state index contributed by atoms with van der Waals surface area (Å²) in [7, 11) is 0. The maximum Gasteiger partial charge on any atom is 0.0897 e. The van der Waals surface area contributed by atoms with Crippen molar-refractivity contribution in [2.24, 2.45) is 0 Å².